The van der Waals surface area contributed by atoms with Crippen LogP contribution in [-0.4, -0.2) is 16.8 Å². The number of anilines is 1. The van der Waals surface area contributed by atoms with Crippen molar-refractivity contribution in [2.45, 2.75) is 13.5 Å². The Morgan fingerprint density at radius 3 is 2.52 bits per heavy atom. The number of carbonyl (C=O) groups excluding carboxylic acids is 2. The zero-order valence-corrected chi connectivity index (χ0v) is 15.5. The molecule has 0 atom stereocenters. The van der Waals surface area contributed by atoms with Crippen LogP contribution in [0, 0.1) is 6.92 Å². The molecule has 2 aromatic carbocycles. The number of aryl methyl sites for hydroxylation is 1. The van der Waals surface area contributed by atoms with Crippen molar-refractivity contribution in [1.82, 2.24) is 10.3 Å². The van der Waals surface area contributed by atoms with Crippen LogP contribution in [0.25, 0.3) is 0 Å². The molecular formula is C21H18ClN3O2. The van der Waals surface area contributed by atoms with Gasteiger partial charge in [-0.3, -0.25) is 14.6 Å². The molecule has 3 rings (SSSR count). The van der Waals surface area contributed by atoms with E-state index in [4.69, 9.17) is 11.6 Å². The van der Waals surface area contributed by atoms with Crippen molar-refractivity contribution in [2.24, 2.45) is 0 Å². The fourth-order valence-corrected chi connectivity index (χ4v) is 2.76. The second-order valence-electron chi connectivity index (χ2n) is 6.01. The number of aromatic nitrogens is 1. The average molecular weight is 380 g/mol. The van der Waals surface area contributed by atoms with Gasteiger partial charge in [0.2, 0.25) is 0 Å². The number of carbonyl (C=O) groups is 2. The van der Waals surface area contributed by atoms with Crippen molar-refractivity contribution < 1.29 is 9.59 Å². The lowest BCUT2D eigenvalue weighted by molar-refractivity contribution is 0.0951. The normalized spacial score (nSPS) is 10.3. The molecule has 0 bridgehead atoms. The summed E-state index contributed by atoms with van der Waals surface area (Å²) >= 11 is 5.93. The second-order valence-corrected chi connectivity index (χ2v) is 6.45. The van der Waals surface area contributed by atoms with Gasteiger partial charge in [-0.05, 0) is 48.4 Å². The Kier molecular flexibility index (Phi) is 5.84. The van der Waals surface area contributed by atoms with Gasteiger partial charge in [0.1, 0.15) is 5.69 Å². The third-order valence-electron chi connectivity index (χ3n) is 3.99. The molecule has 0 radical (unpaired) electrons. The molecule has 2 amide bonds. The van der Waals surface area contributed by atoms with Gasteiger partial charge in [0, 0.05) is 29.0 Å². The summed E-state index contributed by atoms with van der Waals surface area (Å²) in [6.07, 6.45) is 1.45. The maximum absolute atomic E-state index is 12.5. The number of halogens is 1. The number of amides is 2. The van der Waals surface area contributed by atoms with Gasteiger partial charge in [-0.2, -0.15) is 0 Å². The molecule has 0 unspecified atom stereocenters. The standard InChI is InChI=1S/C21H18ClN3O2/c1-14-11-17(22)7-8-18(14)25-21(27)19-12-16(9-10-23-19)20(26)24-13-15-5-3-2-4-6-15/h2-12H,13H2,1H3,(H,24,26)(H,25,27). The smallest absolute Gasteiger partial charge is 0.274 e. The van der Waals surface area contributed by atoms with Gasteiger partial charge in [-0.15, -0.1) is 0 Å². The first-order valence-corrected chi connectivity index (χ1v) is 8.76. The molecule has 0 aliphatic carbocycles. The largest absolute Gasteiger partial charge is 0.348 e. The van der Waals surface area contributed by atoms with E-state index in [0.29, 0.717) is 22.8 Å². The van der Waals surface area contributed by atoms with Crippen LogP contribution in [0.1, 0.15) is 32.0 Å². The molecular weight excluding hydrogens is 362 g/mol. The molecule has 0 fully saturated rings. The number of benzene rings is 2. The van der Waals surface area contributed by atoms with Crippen LogP contribution in [0.3, 0.4) is 0 Å². The van der Waals surface area contributed by atoms with E-state index < -0.39 is 5.91 Å². The molecule has 1 aromatic heterocycles. The van der Waals surface area contributed by atoms with Crippen LogP contribution in [0.2, 0.25) is 5.02 Å². The highest BCUT2D eigenvalue weighted by Crippen LogP contribution is 2.20. The van der Waals surface area contributed by atoms with Gasteiger partial charge in [0.15, 0.2) is 0 Å². The van der Waals surface area contributed by atoms with Crippen molar-refractivity contribution >= 4 is 29.1 Å². The van der Waals surface area contributed by atoms with Crippen molar-refractivity contribution in [1.29, 1.82) is 0 Å². The lowest BCUT2D eigenvalue weighted by atomic mass is 10.1. The number of nitrogens with zero attached hydrogens (tertiary/aromatic N) is 1. The molecule has 0 aliphatic heterocycles. The van der Waals surface area contributed by atoms with Crippen molar-refractivity contribution in [3.05, 3.63) is 94.3 Å². The third-order valence-corrected chi connectivity index (χ3v) is 4.22. The van der Waals surface area contributed by atoms with Gasteiger partial charge >= 0.3 is 0 Å². The molecule has 6 heteroatoms. The maximum atomic E-state index is 12.5. The van der Waals surface area contributed by atoms with Crippen LogP contribution < -0.4 is 10.6 Å². The third kappa shape index (κ3) is 4.92. The number of hydrogen-bond donors (Lipinski definition) is 2. The Hall–Kier alpha value is -3.18. The number of pyridine rings is 1. The Bertz CT molecular complexity index is 974. The zero-order chi connectivity index (χ0) is 19.2. The van der Waals surface area contributed by atoms with E-state index in [1.165, 1.54) is 12.3 Å². The molecule has 27 heavy (non-hydrogen) atoms. The van der Waals surface area contributed by atoms with E-state index in [0.717, 1.165) is 11.1 Å². The zero-order valence-electron chi connectivity index (χ0n) is 14.7. The number of rotatable bonds is 5. The molecule has 136 valence electrons. The summed E-state index contributed by atoms with van der Waals surface area (Å²) < 4.78 is 0. The molecule has 0 saturated heterocycles. The van der Waals surface area contributed by atoms with Crippen molar-refractivity contribution in [3.8, 4) is 0 Å². The Morgan fingerprint density at radius 2 is 1.78 bits per heavy atom. The van der Waals surface area contributed by atoms with Gasteiger partial charge < -0.3 is 10.6 Å². The quantitative estimate of drug-likeness (QED) is 0.697. The Morgan fingerprint density at radius 1 is 1.00 bits per heavy atom. The molecule has 2 N–H and O–H groups in total. The van der Waals surface area contributed by atoms with Gasteiger partial charge in [0.05, 0.1) is 0 Å². The van der Waals surface area contributed by atoms with Gasteiger partial charge in [0.25, 0.3) is 11.8 Å². The van der Waals surface area contributed by atoms with Gasteiger partial charge in [-0.25, -0.2) is 0 Å². The minimum Gasteiger partial charge on any atom is -0.348 e. The highest BCUT2D eigenvalue weighted by atomic mass is 35.5. The van der Waals surface area contributed by atoms with E-state index in [1.54, 1.807) is 24.3 Å². The van der Waals surface area contributed by atoms with Crippen LogP contribution in [-0.2, 0) is 6.54 Å². The molecule has 3 aromatic rings. The SMILES string of the molecule is Cc1cc(Cl)ccc1NC(=O)c1cc(C(=O)NCc2ccccc2)ccn1. The topological polar surface area (TPSA) is 71.1 Å². The van der Waals surface area contributed by atoms with Crippen LogP contribution in [0.5, 0.6) is 0 Å². The van der Waals surface area contributed by atoms with E-state index in [-0.39, 0.29) is 11.6 Å². The second kappa shape index (κ2) is 8.47. The summed E-state index contributed by atoms with van der Waals surface area (Å²) in [5, 5.41) is 6.22. The fourth-order valence-electron chi connectivity index (χ4n) is 2.53. The minimum atomic E-state index is -0.391. The number of nitrogens with one attached hydrogen (secondary N) is 2. The average Bonchev–Trinajstić information content (AvgIpc) is 2.69. The van der Waals surface area contributed by atoms with Crippen LogP contribution in [0.15, 0.2) is 66.9 Å². The first-order valence-electron chi connectivity index (χ1n) is 8.38. The van der Waals surface area contributed by atoms with E-state index in [1.807, 2.05) is 37.3 Å². The molecule has 0 spiro atoms. The van der Waals surface area contributed by atoms with Crippen LogP contribution in [0.4, 0.5) is 5.69 Å². The predicted octanol–water partition coefficient (Wildman–Crippen LogP) is 4.23. The monoisotopic (exact) mass is 379 g/mol. The summed E-state index contributed by atoms with van der Waals surface area (Å²) in [5.74, 6) is -0.656. The first-order chi connectivity index (χ1) is 13.0. The molecule has 0 aliphatic rings. The van der Waals surface area contributed by atoms with E-state index in [2.05, 4.69) is 15.6 Å². The minimum absolute atomic E-state index is 0.164. The summed E-state index contributed by atoms with van der Waals surface area (Å²) in [5.41, 5.74) is 3.02. The summed E-state index contributed by atoms with van der Waals surface area (Å²) in [6.45, 7) is 2.26. The van der Waals surface area contributed by atoms with Crippen molar-refractivity contribution in [3.63, 3.8) is 0 Å². The van der Waals surface area contributed by atoms with E-state index in [9.17, 15) is 9.59 Å². The maximum Gasteiger partial charge on any atom is 0.274 e. The summed E-state index contributed by atoms with van der Waals surface area (Å²) in [6, 6.07) is 17.8. The Balaban J connectivity index is 1.68. The number of hydrogen-bond acceptors (Lipinski definition) is 3. The first kappa shape index (κ1) is 18.6. The summed E-state index contributed by atoms with van der Waals surface area (Å²) in [4.78, 5) is 28.9. The fraction of sp³-hybridized carbons (Fsp3) is 0.0952. The Labute approximate surface area is 162 Å². The molecule has 1 heterocycles. The molecule has 5 nitrogen and oxygen atoms in total. The lowest BCUT2D eigenvalue weighted by Crippen LogP contribution is -2.23. The highest BCUT2D eigenvalue weighted by molar-refractivity contribution is 6.30. The van der Waals surface area contributed by atoms with Crippen LogP contribution >= 0.6 is 11.6 Å². The lowest BCUT2D eigenvalue weighted by Gasteiger charge is -2.09. The van der Waals surface area contributed by atoms with Gasteiger partial charge in [-0.1, -0.05) is 41.9 Å². The highest BCUT2D eigenvalue weighted by Gasteiger charge is 2.13. The summed E-state index contributed by atoms with van der Waals surface area (Å²) in [7, 11) is 0. The van der Waals surface area contributed by atoms with E-state index >= 15 is 0 Å². The van der Waals surface area contributed by atoms with Crippen molar-refractivity contribution in [2.75, 3.05) is 5.32 Å². The molecule has 0 saturated carbocycles. The predicted molar refractivity (Wildman–Crippen MR) is 106 cm³/mol.